The highest BCUT2D eigenvalue weighted by Gasteiger charge is 2.30. The van der Waals surface area contributed by atoms with Gasteiger partial charge in [0.2, 0.25) is 0 Å². The highest BCUT2D eigenvalue weighted by atomic mass is 19.4. The van der Waals surface area contributed by atoms with Crippen molar-refractivity contribution in [1.82, 2.24) is 5.43 Å². The first-order chi connectivity index (χ1) is 9.34. The molecular formula is C14H21F3N2O. The number of nitrogens with one attached hydrogen (secondary N) is 1. The molecule has 1 aromatic rings. The summed E-state index contributed by atoms with van der Waals surface area (Å²) in [5.74, 6) is 5.85. The Kier molecular flexibility index (Phi) is 6.29. The summed E-state index contributed by atoms with van der Waals surface area (Å²) in [6.07, 6.45) is -1.99. The minimum atomic E-state index is -4.65. The number of alkyl halides is 3. The molecule has 0 aliphatic carbocycles. The quantitative estimate of drug-likeness (QED) is 0.597. The van der Waals surface area contributed by atoms with Crippen LogP contribution in [0, 0.1) is 5.92 Å². The Balaban J connectivity index is 2.59. The summed E-state index contributed by atoms with van der Waals surface area (Å²) in [6, 6.07) is 6.00. The van der Waals surface area contributed by atoms with Gasteiger partial charge in [-0.1, -0.05) is 32.4 Å². The second-order valence-electron chi connectivity index (χ2n) is 5.01. The van der Waals surface area contributed by atoms with E-state index in [1.165, 1.54) is 12.1 Å². The molecule has 0 aromatic heterocycles. The Bertz CT molecular complexity index is 392. The molecule has 114 valence electrons. The molecule has 6 heteroatoms. The largest absolute Gasteiger partial charge is 0.573 e. The summed E-state index contributed by atoms with van der Waals surface area (Å²) in [6.45, 7) is 4.26. The molecule has 2 atom stereocenters. The molecule has 0 spiro atoms. The standard InChI is InChI=1S/C14H21F3N2O/c1-3-10(2)8-12(19-18)9-11-4-6-13(7-5-11)20-14(15,16)17/h4-7,10,12,19H,3,8-9,18H2,1-2H3. The van der Waals surface area contributed by atoms with Gasteiger partial charge in [0.15, 0.2) is 0 Å². The highest BCUT2D eigenvalue weighted by molar-refractivity contribution is 5.28. The molecule has 0 aliphatic heterocycles. The lowest BCUT2D eigenvalue weighted by Crippen LogP contribution is -2.37. The lowest BCUT2D eigenvalue weighted by atomic mass is 9.95. The van der Waals surface area contributed by atoms with Crippen molar-refractivity contribution in [1.29, 1.82) is 0 Å². The van der Waals surface area contributed by atoms with Crippen molar-refractivity contribution >= 4 is 0 Å². The first-order valence-corrected chi connectivity index (χ1v) is 6.64. The molecule has 3 nitrogen and oxygen atoms in total. The molecule has 0 radical (unpaired) electrons. The van der Waals surface area contributed by atoms with Crippen LogP contribution in [0.25, 0.3) is 0 Å². The van der Waals surface area contributed by atoms with E-state index >= 15 is 0 Å². The van der Waals surface area contributed by atoms with E-state index in [2.05, 4.69) is 24.0 Å². The fourth-order valence-electron chi connectivity index (χ4n) is 1.97. The normalized spacial score (nSPS) is 14.9. The molecule has 1 aromatic carbocycles. The smallest absolute Gasteiger partial charge is 0.406 e. The third-order valence-corrected chi connectivity index (χ3v) is 3.26. The van der Waals surface area contributed by atoms with E-state index in [-0.39, 0.29) is 11.8 Å². The van der Waals surface area contributed by atoms with Crippen LogP contribution >= 0.6 is 0 Å². The van der Waals surface area contributed by atoms with Gasteiger partial charge in [0.05, 0.1) is 0 Å². The van der Waals surface area contributed by atoms with E-state index in [1.807, 2.05) is 0 Å². The van der Waals surface area contributed by atoms with Crippen molar-refractivity contribution in [2.45, 2.75) is 45.5 Å². The minimum Gasteiger partial charge on any atom is -0.406 e. The Morgan fingerprint density at radius 3 is 2.30 bits per heavy atom. The van der Waals surface area contributed by atoms with Crippen molar-refractivity contribution in [3.63, 3.8) is 0 Å². The van der Waals surface area contributed by atoms with Gasteiger partial charge in [-0.2, -0.15) is 0 Å². The van der Waals surface area contributed by atoms with Crippen LogP contribution in [0.15, 0.2) is 24.3 Å². The maximum Gasteiger partial charge on any atom is 0.573 e. The van der Waals surface area contributed by atoms with E-state index in [0.717, 1.165) is 18.4 Å². The molecule has 20 heavy (non-hydrogen) atoms. The van der Waals surface area contributed by atoms with Crippen LogP contribution in [0.1, 0.15) is 32.3 Å². The van der Waals surface area contributed by atoms with Crippen LogP contribution in [-0.4, -0.2) is 12.4 Å². The zero-order chi connectivity index (χ0) is 15.2. The summed E-state index contributed by atoms with van der Waals surface area (Å²) in [5.41, 5.74) is 3.68. The molecular weight excluding hydrogens is 269 g/mol. The van der Waals surface area contributed by atoms with E-state index in [1.54, 1.807) is 12.1 Å². The number of benzene rings is 1. The van der Waals surface area contributed by atoms with Crippen molar-refractivity contribution in [2.24, 2.45) is 11.8 Å². The van der Waals surface area contributed by atoms with E-state index in [9.17, 15) is 13.2 Å². The predicted octanol–water partition coefficient (Wildman–Crippen LogP) is 3.40. The number of ether oxygens (including phenoxy) is 1. The maximum atomic E-state index is 12.0. The fraction of sp³-hybridized carbons (Fsp3) is 0.571. The van der Waals surface area contributed by atoms with Crippen molar-refractivity contribution in [3.8, 4) is 5.75 Å². The molecule has 0 saturated heterocycles. The zero-order valence-corrected chi connectivity index (χ0v) is 11.7. The maximum absolute atomic E-state index is 12.0. The molecule has 0 amide bonds. The van der Waals surface area contributed by atoms with Crippen LogP contribution in [0.4, 0.5) is 13.2 Å². The van der Waals surface area contributed by atoms with E-state index < -0.39 is 6.36 Å². The number of hydrogen-bond acceptors (Lipinski definition) is 3. The zero-order valence-electron chi connectivity index (χ0n) is 11.7. The fourth-order valence-corrected chi connectivity index (χ4v) is 1.97. The summed E-state index contributed by atoms with van der Waals surface area (Å²) in [4.78, 5) is 0. The summed E-state index contributed by atoms with van der Waals surface area (Å²) >= 11 is 0. The summed E-state index contributed by atoms with van der Waals surface area (Å²) in [7, 11) is 0. The number of rotatable bonds is 7. The molecule has 0 fully saturated rings. The minimum absolute atomic E-state index is 0.110. The van der Waals surface area contributed by atoms with Crippen molar-refractivity contribution in [2.75, 3.05) is 0 Å². The number of nitrogens with two attached hydrogens (primary N) is 1. The van der Waals surface area contributed by atoms with Crippen LogP contribution in [0.3, 0.4) is 0 Å². The monoisotopic (exact) mass is 290 g/mol. The SMILES string of the molecule is CCC(C)CC(Cc1ccc(OC(F)(F)F)cc1)NN. The van der Waals surface area contributed by atoms with Gasteiger partial charge in [0.1, 0.15) is 5.75 Å². The Hall–Kier alpha value is -1.27. The van der Waals surface area contributed by atoms with Crippen LogP contribution < -0.4 is 16.0 Å². The first-order valence-electron chi connectivity index (χ1n) is 6.64. The van der Waals surface area contributed by atoms with Gasteiger partial charge in [-0.15, -0.1) is 13.2 Å². The average Bonchev–Trinajstić information content (AvgIpc) is 2.38. The number of hydrogen-bond donors (Lipinski definition) is 2. The summed E-state index contributed by atoms with van der Waals surface area (Å²) in [5, 5.41) is 0. The second kappa shape index (κ2) is 7.50. The second-order valence-corrected chi connectivity index (χ2v) is 5.01. The van der Waals surface area contributed by atoms with Gasteiger partial charge in [-0.05, 0) is 36.5 Å². The summed E-state index contributed by atoms with van der Waals surface area (Å²) < 4.78 is 40.0. The topological polar surface area (TPSA) is 47.3 Å². The Morgan fingerprint density at radius 2 is 1.85 bits per heavy atom. The van der Waals surface area contributed by atoms with Gasteiger partial charge in [-0.3, -0.25) is 11.3 Å². The lowest BCUT2D eigenvalue weighted by Gasteiger charge is -2.19. The first kappa shape index (κ1) is 16.8. The molecule has 0 bridgehead atoms. The van der Waals surface area contributed by atoms with E-state index in [4.69, 9.17) is 5.84 Å². The van der Waals surface area contributed by atoms with Crippen LogP contribution in [-0.2, 0) is 6.42 Å². The highest BCUT2D eigenvalue weighted by Crippen LogP contribution is 2.23. The van der Waals surface area contributed by atoms with Crippen LogP contribution in [0.5, 0.6) is 5.75 Å². The van der Waals surface area contributed by atoms with Gasteiger partial charge in [-0.25, -0.2) is 0 Å². The molecule has 0 heterocycles. The molecule has 0 saturated carbocycles. The van der Waals surface area contributed by atoms with Gasteiger partial charge in [0, 0.05) is 6.04 Å². The van der Waals surface area contributed by atoms with Crippen molar-refractivity contribution in [3.05, 3.63) is 29.8 Å². The number of halogens is 3. The Morgan fingerprint density at radius 1 is 1.25 bits per heavy atom. The van der Waals surface area contributed by atoms with Crippen molar-refractivity contribution < 1.29 is 17.9 Å². The van der Waals surface area contributed by atoms with E-state index in [0.29, 0.717) is 12.3 Å². The average molecular weight is 290 g/mol. The van der Waals surface area contributed by atoms with Gasteiger partial charge in [0.25, 0.3) is 0 Å². The third-order valence-electron chi connectivity index (χ3n) is 3.26. The van der Waals surface area contributed by atoms with Gasteiger partial charge < -0.3 is 4.74 Å². The molecule has 2 unspecified atom stereocenters. The lowest BCUT2D eigenvalue weighted by molar-refractivity contribution is -0.274. The molecule has 3 N–H and O–H groups in total. The molecule has 1 rings (SSSR count). The van der Waals surface area contributed by atoms with Crippen LogP contribution in [0.2, 0.25) is 0 Å². The third kappa shape index (κ3) is 6.25. The number of hydrazine groups is 1. The molecule has 0 aliphatic rings. The predicted molar refractivity (Wildman–Crippen MR) is 72.0 cm³/mol. The van der Waals surface area contributed by atoms with Gasteiger partial charge >= 0.3 is 6.36 Å². The Labute approximate surface area is 117 Å².